The van der Waals surface area contributed by atoms with Crippen LogP contribution >= 0.6 is 0 Å². The number of anilines is 2. The Morgan fingerprint density at radius 3 is 2.47 bits per heavy atom. The van der Waals surface area contributed by atoms with Crippen LogP contribution in [0.1, 0.15) is 5.56 Å². The Bertz CT molecular complexity index is 558. The quantitative estimate of drug-likeness (QED) is 0.920. The van der Waals surface area contributed by atoms with Crippen molar-refractivity contribution < 1.29 is 17.9 Å². The third-order valence-electron chi connectivity index (χ3n) is 2.08. The summed E-state index contributed by atoms with van der Waals surface area (Å²) >= 11 is 0. The van der Waals surface area contributed by atoms with Gasteiger partial charge in [-0.1, -0.05) is 0 Å². The van der Waals surface area contributed by atoms with E-state index in [1.807, 2.05) is 0 Å². The van der Waals surface area contributed by atoms with Gasteiger partial charge in [-0.05, 0) is 6.07 Å². The number of halogens is 3. The Morgan fingerprint density at radius 1 is 1.11 bits per heavy atom. The van der Waals surface area contributed by atoms with E-state index in [4.69, 9.17) is 4.74 Å². The van der Waals surface area contributed by atoms with Crippen LogP contribution in [0.3, 0.4) is 0 Å². The molecule has 0 aliphatic rings. The van der Waals surface area contributed by atoms with E-state index in [9.17, 15) is 13.2 Å². The molecule has 0 unspecified atom stereocenters. The first-order chi connectivity index (χ1) is 8.99. The van der Waals surface area contributed by atoms with Crippen molar-refractivity contribution in [3.63, 3.8) is 0 Å². The molecular formula is C10H8F3N5O. The number of hydrogen-bond acceptors (Lipinski definition) is 6. The highest BCUT2D eigenvalue weighted by Crippen LogP contribution is 2.29. The molecule has 19 heavy (non-hydrogen) atoms. The number of nitrogens with zero attached hydrogens (tertiary/aromatic N) is 4. The van der Waals surface area contributed by atoms with Gasteiger partial charge in [-0.3, -0.25) is 0 Å². The summed E-state index contributed by atoms with van der Waals surface area (Å²) in [5, 5.41) is 9.37. The zero-order valence-electron chi connectivity index (χ0n) is 9.64. The first-order valence-electron chi connectivity index (χ1n) is 5.02. The SMILES string of the molecule is COc1cnc(Nc2cc(C(F)(F)F)cnn2)cn1. The van der Waals surface area contributed by atoms with Crippen LogP contribution in [-0.2, 0) is 6.18 Å². The van der Waals surface area contributed by atoms with Gasteiger partial charge in [0.25, 0.3) is 0 Å². The lowest BCUT2D eigenvalue weighted by atomic mass is 10.3. The largest absolute Gasteiger partial charge is 0.480 e. The molecule has 0 saturated heterocycles. The molecular weight excluding hydrogens is 263 g/mol. The highest BCUT2D eigenvalue weighted by Gasteiger charge is 2.31. The molecule has 0 fully saturated rings. The minimum Gasteiger partial charge on any atom is -0.480 e. The Morgan fingerprint density at radius 2 is 1.89 bits per heavy atom. The second-order valence-electron chi connectivity index (χ2n) is 3.40. The third kappa shape index (κ3) is 3.27. The molecule has 1 N–H and O–H groups in total. The van der Waals surface area contributed by atoms with Crippen molar-refractivity contribution in [3.8, 4) is 5.88 Å². The average Bonchev–Trinajstić information content (AvgIpc) is 2.39. The van der Waals surface area contributed by atoms with Crippen molar-refractivity contribution in [1.29, 1.82) is 0 Å². The number of aromatic nitrogens is 4. The van der Waals surface area contributed by atoms with E-state index in [-0.39, 0.29) is 11.6 Å². The molecule has 0 aromatic carbocycles. The highest BCUT2D eigenvalue weighted by molar-refractivity contribution is 5.50. The molecule has 6 nitrogen and oxygen atoms in total. The molecule has 0 amide bonds. The van der Waals surface area contributed by atoms with Gasteiger partial charge in [0, 0.05) is 0 Å². The molecule has 0 atom stereocenters. The molecule has 2 aromatic heterocycles. The van der Waals surface area contributed by atoms with Crippen LogP contribution in [0.25, 0.3) is 0 Å². The Hall–Kier alpha value is -2.45. The minimum atomic E-state index is -4.47. The first kappa shape index (κ1) is 13.0. The molecule has 0 radical (unpaired) electrons. The summed E-state index contributed by atoms with van der Waals surface area (Å²) in [5.41, 5.74) is -0.897. The van der Waals surface area contributed by atoms with Crippen LogP contribution in [0.15, 0.2) is 24.7 Å². The molecule has 0 aliphatic carbocycles. The molecule has 2 aromatic rings. The zero-order valence-corrected chi connectivity index (χ0v) is 9.64. The van der Waals surface area contributed by atoms with E-state index in [2.05, 4.69) is 25.5 Å². The smallest absolute Gasteiger partial charge is 0.418 e. The van der Waals surface area contributed by atoms with Crippen molar-refractivity contribution in [2.45, 2.75) is 6.18 Å². The number of ether oxygens (including phenoxy) is 1. The minimum absolute atomic E-state index is 0.0747. The Labute approximate surface area is 105 Å². The van der Waals surface area contributed by atoms with Crippen molar-refractivity contribution in [3.05, 3.63) is 30.2 Å². The predicted molar refractivity (Wildman–Crippen MR) is 58.9 cm³/mol. The summed E-state index contributed by atoms with van der Waals surface area (Å²) in [7, 11) is 1.43. The van der Waals surface area contributed by atoms with Gasteiger partial charge in [-0.15, -0.1) is 5.10 Å². The van der Waals surface area contributed by atoms with Gasteiger partial charge in [0.05, 0.1) is 31.3 Å². The van der Waals surface area contributed by atoms with E-state index in [1.165, 1.54) is 19.5 Å². The van der Waals surface area contributed by atoms with Crippen LogP contribution in [0, 0.1) is 0 Å². The monoisotopic (exact) mass is 271 g/mol. The van der Waals surface area contributed by atoms with Gasteiger partial charge in [0.15, 0.2) is 5.82 Å². The van der Waals surface area contributed by atoms with E-state index >= 15 is 0 Å². The van der Waals surface area contributed by atoms with Gasteiger partial charge in [-0.25, -0.2) is 9.97 Å². The second-order valence-corrected chi connectivity index (χ2v) is 3.40. The molecule has 0 aliphatic heterocycles. The van der Waals surface area contributed by atoms with Gasteiger partial charge in [0.1, 0.15) is 5.82 Å². The molecule has 2 rings (SSSR count). The van der Waals surface area contributed by atoms with Crippen molar-refractivity contribution in [2.24, 2.45) is 0 Å². The summed E-state index contributed by atoms with van der Waals surface area (Å²) in [6.45, 7) is 0. The summed E-state index contributed by atoms with van der Waals surface area (Å²) in [5.74, 6) is 0.449. The van der Waals surface area contributed by atoms with Crippen LogP contribution in [0.4, 0.5) is 24.8 Å². The lowest BCUT2D eigenvalue weighted by molar-refractivity contribution is -0.137. The maximum absolute atomic E-state index is 12.5. The topological polar surface area (TPSA) is 72.8 Å². The van der Waals surface area contributed by atoms with Crippen LogP contribution < -0.4 is 10.1 Å². The fraction of sp³-hybridized carbons (Fsp3) is 0.200. The number of alkyl halides is 3. The lowest BCUT2D eigenvalue weighted by Gasteiger charge is -2.08. The molecule has 0 spiro atoms. The fourth-order valence-electron chi connectivity index (χ4n) is 1.20. The zero-order chi connectivity index (χ0) is 13.9. The molecule has 0 bridgehead atoms. The predicted octanol–water partition coefficient (Wildman–Crippen LogP) is 2.04. The molecule has 100 valence electrons. The van der Waals surface area contributed by atoms with Crippen LogP contribution in [0.2, 0.25) is 0 Å². The lowest BCUT2D eigenvalue weighted by Crippen LogP contribution is -2.08. The molecule has 2 heterocycles. The summed E-state index contributed by atoms with van der Waals surface area (Å²) in [6.07, 6.45) is -1.20. The van der Waals surface area contributed by atoms with Crippen molar-refractivity contribution in [2.75, 3.05) is 12.4 Å². The van der Waals surface area contributed by atoms with Crippen molar-refractivity contribution >= 4 is 11.6 Å². The van der Waals surface area contributed by atoms with E-state index in [0.717, 1.165) is 6.07 Å². The van der Waals surface area contributed by atoms with Gasteiger partial charge >= 0.3 is 6.18 Å². The average molecular weight is 271 g/mol. The third-order valence-corrected chi connectivity index (χ3v) is 2.08. The number of rotatable bonds is 3. The number of hydrogen-bond donors (Lipinski definition) is 1. The summed E-state index contributed by atoms with van der Waals surface area (Å²) in [4.78, 5) is 7.74. The van der Waals surface area contributed by atoms with Gasteiger partial charge < -0.3 is 10.1 Å². The maximum atomic E-state index is 12.5. The van der Waals surface area contributed by atoms with E-state index < -0.39 is 11.7 Å². The molecule has 0 saturated carbocycles. The van der Waals surface area contributed by atoms with Gasteiger partial charge in [0.2, 0.25) is 5.88 Å². The summed E-state index contributed by atoms with van der Waals surface area (Å²) in [6, 6.07) is 0.832. The van der Waals surface area contributed by atoms with E-state index in [0.29, 0.717) is 12.1 Å². The second kappa shape index (κ2) is 5.04. The van der Waals surface area contributed by atoms with Crippen LogP contribution in [-0.4, -0.2) is 27.3 Å². The standard InChI is InChI=1S/C10H8F3N5O/c1-19-9-5-14-8(4-15-9)17-7-2-6(3-16-18-7)10(11,12)13/h2-5H,1H3,(H,14,17,18). The van der Waals surface area contributed by atoms with Crippen LogP contribution in [0.5, 0.6) is 5.88 Å². The number of nitrogens with one attached hydrogen (secondary N) is 1. The maximum Gasteiger partial charge on any atom is 0.418 e. The molecule has 9 heteroatoms. The normalized spacial score (nSPS) is 11.2. The van der Waals surface area contributed by atoms with Gasteiger partial charge in [-0.2, -0.15) is 18.3 Å². The van der Waals surface area contributed by atoms with Crippen molar-refractivity contribution in [1.82, 2.24) is 20.2 Å². The highest BCUT2D eigenvalue weighted by atomic mass is 19.4. The first-order valence-corrected chi connectivity index (χ1v) is 5.02. The Balaban J connectivity index is 2.18. The summed E-state index contributed by atoms with van der Waals surface area (Å²) < 4.78 is 42.2. The van der Waals surface area contributed by atoms with E-state index in [1.54, 1.807) is 0 Å². The fourth-order valence-corrected chi connectivity index (χ4v) is 1.20. The number of methoxy groups -OCH3 is 1. The Kier molecular flexibility index (Phi) is 3.45.